The lowest BCUT2D eigenvalue weighted by atomic mass is 10.00. The Bertz CT molecular complexity index is 759. The summed E-state index contributed by atoms with van der Waals surface area (Å²) in [5.41, 5.74) is 9.00. The fraction of sp³-hybridized carbons (Fsp3) is 0.263. The van der Waals surface area contributed by atoms with Crippen molar-refractivity contribution >= 4 is 11.7 Å². The van der Waals surface area contributed by atoms with Crippen LogP contribution in [0.2, 0.25) is 0 Å². The van der Waals surface area contributed by atoms with Gasteiger partial charge in [-0.2, -0.15) is 0 Å². The van der Waals surface area contributed by atoms with Crippen molar-refractivity contribution in [2.24, 2.45) is 5.73 Å². The molecular weight excluding hydrogens is 320 g/mol. The van der Waals surface area contributed by atoms with Gasteiger partial charge in [-0.15, -0.1) is 0 Å². The van der Waals surface area contributed by atoms with Gasteiger partial charge in [-0.3, -0.25) is 0 Å². The summed E-state index contributed by atoms with van der Waals surface area (Å²) in [5.74, 6) is 0.169. The number of rotatable bonds is 6. The smallest absolute Gasteiger partial charge is 0.391 e. The zero-order valence-electron chi connectivity index (χ0n) is 13.8. The van der Waals surface area contributed by atoms with E-state index in [0.29, 0.717) is 32.1 Å². The number of nitrogens with two attached hydrogens (primary N) is 1. The fourth-order valence-electron chi connectivity index (χ4n) is 2.66. The van der Waals surface area contributed by atoms with Crippen LogP contribution in [0.5, 0.6) is 5.88 Å². The molecule has 1 amide bonds. The lowest BCUT2D eigenvalue weighted by Crippen LogP contribution is -2.17. The van der Waals surface area contributed by atoms with Gasteiger partial charge in [0.2, 0.25) is 5.88 Å². The van der Waals surface area contributed by atoms with Gasteiger partial charge in [-0.05, 0) is 23.6 Å². The Morgan fingerprint density at radius 2 is 2.00 bits per heavy atom. The maximum atomic E-state index is 11.0. The number of carbonyl (C=O) groups is 1. The van der Waals surface area contributed by atoms with Crippen molar-refractivity contribution in [3.63, 3.8) is 0 Å². The topological polar surface area (TPSA) is 83.7 Å². The van der Waals surface area contributed by atoms with Crippen molar-refractivity contribution in [3.05, 3.63) is 65.4 Å². The molecule has 6 heteroatoms. The Morgan fingerprint density at radius 3 is 2.72 bits per heavy atom. The molecule has 1 aliphatic heterocycles. The molecular formula is C19H20N2O4. The van der Waals surface area contributed by atoms with Gasteiger partial charge in [-0.1, -0.05) is 36.4 Å². The number of carbonyl (C=O) groups excluding carboxylic acids is 1. The molecule has 0 fully saturated rings. The number of hydrogen-bond acceptors (Lipinski definition) is 5. The molecule has 1 aromatic heterocycles. The van der Waals surface area contributed by atoms with Crippen molar-refractivity contribution in [2.45, 2.75) is 19.6 Å². The summed E-state index contributed by atoms with van der Waals surface area (Å²) in [7, 11) is 0. The van der Waals surface area contributed by atoms with Gasteiger partial charge in [0.05, 0.1) is 32.1 Å². The third-order valence-electron chi connectivity index (χ3n) is 3.81. The lowest BCUT2D eigenvalue weighted by Gasteiger charge is -2.17. The van der Waals surface area contributed by atoms with E-state index < -0.39 is 6.09 Å². The van der Waals surface area contributed by atoms with E-state index in [-0.39, 0.29) is 5.88 Å². The van der Waals surface area contributed by atoms with Crippen LogP contribution < -0.4 is 10.5 Å². The third kappa shape index (κ3) is 4.89. The van der Waals surface area contributed by atoms with E-state index >= 15 is 0 Å². The second kappa shape index (κ2) is 8.41. The van der Waals surface area contributed by atoms with Crippen LogP contribution in [0.3, 0.4) is 0 Å². The zero-order valence-corrected chi connectivity index (χ0v) is 13.8. The van der Waals surface area contributed by atoms with Crippen molar-refractivity contribution in [2.75, 3.05) is 13.2 Å². The fourth-order valence-corrected chi connectivity index (χ4v) is 2.66. The normalized spacial score (nSPS) is 14.0. The zero-order chi connectivity index (χ0) is 17.5. The number of amides is 1. The van der Waals surface area contributed by atoms with E-state index in [1.165, 1.54) is 0 Å². The molecule has 0 radical (unpaired) electrons. The van der Waals surface area contributed by atoms with Crippen molar-refractivity contribution < 1.29 is 19.0 Å². The first kappa shape index (κ1) is 17.1. The summed E-state index contributed by atoms with van der Waals surface area (Å²) >= 11 is 0. The minimum Gasteiger partial charge on any atom is -0.391 e. The summed E-state index contributed by atoms with van der Waals surface area (Å²) in [5, 5.41) is 0. The average molecular weight is 340 g/mol. The molecule has 2 heterocycles. The maximum Gasteiger partial charge on any atom is 0.411 e. The SMILES string of the molecule is NC(=O)Oc1ccc(C2=CCOCC2)c(COCc2ccccc2)n1. The standard InChI is InChI=1S/C19H20N2O4/c20-19(22)25-18-7-6-16(15-8-10-23-11-9-15)17(21-18)13-24-12-14-4-2-1-3-5-14/h1-8H,9-13H2,(H2,20,22). The highest BCUT2D eigenvalue weighted by Gasteiger charge is 2.14. The number of ether oxygens (including phenoxy) is 3. The molecule has 25 heavy (non-hydrogen) atoms. The van der Waals surface area contributed by atoms with Crippen molar-refractivity contribution in [1.29, 1.82) is 0 Å². The Kier molecular flexibility index (Phi) is 5.77. The molecule has 0 aliphatic carbocycles. The number of nitrogens with zero attached hydrogens (tertiary/aromatic N) is 1. The van der Waals surface area contributed by atoms with Gasteiger partial charge in [0.1, 0.15) is 0 Å². The summed E-state index contributed by atoms with van der Waals surface area (Å²) in [4.78, 5) is 15.4. The predicted octanol–water partition coefficient (Wildman–Crippen LogP) is 3.06. The van der Waals surface area contributed by atoms with E-state index in [0.717, 1.165) is 23.1 Å². The van der Waals surface area contributed by atoms with Crippen LogP contribution in [0.1, 0.15) is 23.2 Å². The van der Waals surface area contributed by atoms with Crippen LogP contribution in [0.25, 0.3) is 5.57 Å². The Balaban J connectivity index is 1.77. The predicted molar refractivity (Wildman–Crippen MR) is 92.8 cm³/mol. The number of benzene rings is 1. The molecule has 2 aromatic rings. The molecule has 1 aliphatic rings. The van der Waals surface area contributed by atoms with Crippen LogP contribution in [0, 0.1) is 0 Å². The van der Waals surface area contributed by atoms with E-state index in [4.69, 9.17) is 19.9 Å². The first-order valence-electron chi connectivity index (χ1n) is 8.08. The number of pyridine rings is 1. The molecule has 0 unspecified atom stereocenters. The minimum absolute atomic E-state index is 0.169. The summed E-state index contributed by atoms with van der Waals surface area (Å²) in [6, 6.07) is 13.4. The molecule has 2 N–H and O–H groups in total. The number of aromatic nitrogens is 1. The summed E-state index contributed by atoms with van der Waals surface area (Å²) < 4.78 is 16.1. The highest BCUT2D eigenvalue weighted by Crippen LogP contribution is 2.26. The van der Waals surface area contributed by atoms with Gasteiger partial charge >= 0.3 is 6.09 Å². The molecule has 1 aromatic carbocycles. The van der Waals surface area contributed by atoms with Gasteiger partial charge in [-0.25, -0.2) is 9.78 Å². The van der Waals surface area contributed by atoms with Crippen LogP contribution in [-0.2, 0) is 22.7 Å². The van der Waals surface area contributed by atoms with Gasteiger partial charge < -0.3 is 19.9 Å². The Labute approximate surface area is 146 Å². The van der Waals surface area contributed by atoms with Crippen molar-refractivity contribution in [3.8, 4) is 5.88 Å². The van der Waals surface area contributed by atoms with E-state index in [9.17, 15) is 4.79 Å². The number of primary amides is 1. The van der Waals surface area contributed by atoms with Crippen LogP contribution in [0.4, 0.5) is 4.79 Å². The van der Waals surface area contributed by atoms with Crippen LogP contribution >= 0.6 is 0 Å². The largest absolute Gasteiger partial charge is 0.411 e. The molecule has 3 rings (SSSR count). The maximum absolute atomic E-state index is 11.0. The number of hydrogen-bond donors (Lipinski definition) is 1. The summed E-state index contributed by atoms with van der Waals surface area (Å²) in [6.07, 6.45) is 1.96. The highest BCUT2D eigenvalue weighted by atomic mass is 16.6. The minimum atomic E-state index is -0.887. The molecule has 130 valence electrons. The molecule has 6 nitrogen and oxygen atoms in total. The molecule has 0 saturated carbocycles. The van der Waals surface area contributed by atoms with Crippen LogP contribution in [-0.4, -0.2) is 24.3 Å². The van der Waals surface area contributed by atoms with Gasteiger partial charge in [0, 0.05) is 11.6 Å². The molecule has 0 atom stereocenters. The van der Waals surface area contributed by atoms with E-state index in [1.807, 2.05) is 42.5 Å². The van der Waals surface area contributed by atoms with Gasteiger partial charge in [0.15, 0.2) is 0 Å². The first-order chi connectivity index (χ1) is 12.2. The summed E-state index contributed by atoms with van der Waals surface area (Å²) in [6.45, 7) is 2.04. The second-order valence-corrected chi connectivity index (χ2v) is 5.60. The molecule has 0 spiro atoms. The average Bonchev–Trinajstić information content (AvgIpc) is 2.63. The van der Waals surface area contributed by atoms with Gasteiger partial charge in [0.25, 0.3) is 0 Å². The monoisotopic (exact) mass is 340 g/mol. The Hall–Kier alpha value is -2.70. The highest BCUT2D eigenvalue weighted by molar-refractivity contribution is 5.70. The van der Waals surface area contributed by atoms with E-state index in [2.05, 4.69) is 4.98 Å². The molecule has 0 saturated heterocycles. The quantitative estimate of drug-likeness (QED) is 0.874. The Morgan fingerprint density at radius 1 is 1.16 bits per heavy atom. The first-order valence-corrected chi connectivity index (χ1v) is 8.08. The second-order valence-electron chi connectivity index (χ2n) is 5.60. The lowest BCUT2D eigenvalue weighted by molar-refractivity contribution is 0.104. The third-order valence-corrected chi connectivity index (χ3v) is 3.81. The van der Waals surface area contributed by atoms with Crippen LogP contribution in [0.15, 0.2) is 48.5 Å². The van der Waals surface area contributed by atoms with Crippen molar-refractivity contribution in [1.82, 2.24) is 4.98 Å². The van der Waals surface area contributed by atoms with E-state index in [1.54, 1.807) is 6.07 Å². The molecule has 0 bridgehead atoms.